The average molecular weight is 312 g/mol. The van der Waals surface area contributed by atoms with Crippen molar-refractivity contribution in [2.75, 3.05) is 40.3 Å². The van der Waals surface area contributed by atoms with Gasteiger partial charge in [0.05, 0.1) is 11.6 Å². The summed E-state index contributed by atoms with van der Waals surface area (Å²) < 4.78 is 6.09. The Morgan fingerprint density at radius 2 is 1.94 bits per heavy atom. The first kappa shape index (κ1) is 13.4. The normalized spacial score (nSPS) is 16.7. The third kappa shape index (κ3) is 2.84. The highest BCUT2D eigenvalue weighted by atomic mass is 79.9. The highest BCUT2D eigenvalue weighted by Crippen LogP contribution is 2.26. The number of nitrogens with one attached hydrogen (secondary N) is 1. The summed E-state index contributed by atoms with van der Waals surface area (Å²) >= 11 is 3.46. The Hall–Kier alpha value is -1.07. The quantitative estimate of drug-likeness (QED) is 0.671. The van der Waals surface area contributed by atoms with Gasteiger partial charge in [0.1, 0.15) is 11.6 Å². The third-order valence-electron chi connectivity index (χ3n) is 3.24. The van der Waals surface area contributed by atoms with Crippen LogP contribution in [0.25, 0.3) is 0 Å². The summed E-state index contributed by atoms with van der Waals surface area (Å²) in [6, 6.07) is 5.77. The van der Waals surface area contributed by atoms with Gasteiger partial charge < -0.3 is 14.5 Å². The predicted molar refractivity (Wildman–Crippen MR) is 76.6 cm³/mol. The molecule has 0 amide bonds. The van der Waals surface area contributed by atoms with E-state index >= 15 is 0 Å². The van der Waals surface area contributed by atoms with Crippen molar-refractivity contribution in [3.05, 3.63) is 28.2 Å². The summed E-state index contributed by atoms with van der Waals surface area (Å²) in [5.74, 6) is 1.39. The second-order valence-electron chi connectivity index (χ2n) is 4.49. The molecule has 0 spiro atoms. The number of hydrogen-bond donors (Lipinski definition) is 1. The van der Waals surface area contributed by atoms with Gasteiger partial charge >= 0.3 is 0 Å². The van der Waals surface area contributed by atoms with E-state index in [-0.39, 0.29) is 0 Å². The lowest BCUT2D eigenvalue weighted by Gasteiger charge is -2.34. The van der Waals surface area contributed by atoms with Crippen molar-refractivity contribution in [1.29, 1.82) is 5.41 Å². The molecule has 2 rings (SSSR count). The number of halogens is 1. The average Bonchev–Trinajstić information content (AvgIpc) is 2.38. The number of methoxy groups -OCH3 is 1. The molecule has 0 bridgehead atoms. The molecule has 0 atom stereocenters. The Bertz CT molecular complexity index is 442. The van der Waals surface area contributed by atoms with Gasteiger partial charge in [0.15, 0.2) is 0 Å². The van der Waals surface area contributed by atoms with Crippen LogP contribution in [0.4, 0.5) is 0 Å². The maximum absolute atomic E-state index is 8.26. The molecule has 1 fully saturated rings. The standard InChI is InChI=1S/C13H18BrN3O/c1-16-5-7-17(8-6-16)13(15)10-3-4-12(18-2)11(14)9-10/h3-4,9,15H,5-8H2,1-2H3. The van der Waals surface area contributed by atoms with Crippen LogP contribution >= 0.6 is 15.9 Å². The lowest BCUT2D eigenvalue weighted by molar-refractivity contribution is 0.215. The lowest BCUT2D eigenvalue weighted by Crippen LogP contribution is -2.47. The largest absolute Gasteiger partial charge is 0.496 e. The Labute approximate surface area is 116 Å². The van der Waals surface area contributed by atoms with Crippen LogP contribution in [0.2, 0.25) is 0 Å². The van der Waals surface area contributed by atoms with Gasteiger partial charge in [-0.2, -0.15) is 0 Å². The fraction of sp³-hybridized carbons (Fsp3) is 0.462. The number of likely N-dealkylation sites (N-methyl/N-ethyl adjacent to an activating group) is 1. The number of hydrogen-bond acceptors (Lipinski definition) is 3. The van der Waals surface area contributed by atoms with Crippen LogP contribution in [0.1, 0.15) is 5.56 Å². The van der Waals surface area contributed by atoms with Crippen molar-refractivity contribution >= 4 is 21.8 Å². The van der Waals surface area contributed by atoms with E-state index in [0.717, 1.165) is 42.0 Å². The molecule has 0 saturated carbocycles. The van der Waals surface area contributed by atoms with Crippen LogP contribution in [0, 0.1) is 5.41 Å². The van der Waals surface area contributed by atoms with Gasteiger partial charge in [-0.15, -0.1) is 0 Å². The highest BCUT2D eigenvalue weighted by Gasteiger charge is 2.18. The van der Waals surface area contributed by atoms with Crippen LogP contribution in [0.3, 0.4) is 0 Å². The van der Waals surface area contributed by atoms with Crippen LogP contribution in [0.5, 0.6) is 5.75 Å². The summed E-state index contributed by atoms with van der Waals surface area (Å²) in [6.45, 7) is 3.86. The topological polar surface area (TPSA) is 39.6 Å². The Kier molecular flexibility index (Phi) is 4.24. The summed E-state index contributed by atoms with van der Waals surface area (Å²) in [5, 5.41) is 8.26. The smallest absolute Gasteiger partial charge is 0.133 e. The number of ether oxygens (including phenoxy) is 1. The van der Waals surface area contributed by atoms with Gasteiger partial charge in [0.2, 0.25) is 0 Å². The molecule has 0 aliphatic carbocycles. The molecule has 1 heterocycles. The fourth-order valence-electron chi connectivity index (χ4n) is 2.03. The highest BCUT2D eigenvalue weighted by molar-refractivity contribution is 9.10. The van der Waals surface area contributed by atoms with Crippen LogP contribution in [-0.2, 0) is 0 Å². The number of amidine groups is 1. The molecule has 0 radical (unpaired) electrons. The van der Waals surface area contributed by atoms with Gasteiger partial charge in [-0.25, -0.2) is 0 Å². The SMILES string of the molecule is COc1ccc(C(=N)N2CCN(C)CC2)cc1Br. The molecule has 0 aromatic heterocycles. The minimum atomic E-state index is 0.589. The van der Waals surface area contributed by atoms with Gasteiger partial charge in [-0.3, -0.25) is 5.41 Å². The summed E-state index contributed by atoms with van der Waals surface area (Å²) in [5.41, 5.74) is 0.923. The molecule has 1 aliphatic rings. The minimum absolute atomic E-state index is 0.589. The number of nitrogens with zero attached hydrogens (tertiary/aromatic N) is 2. The predicted octanol–water partition coefficient (Wildman–Crippen LogP) is 2.03. The second-order valence-corrected chi connectivity index (χ2v) is 5.34. The maximum Gasteiger partial charge on any atom is 0.133 e. The van der Waals surface area contributed by atoms with Crippen LogP contribution < -0.4 is 4.74 Å². The first-order valence-corrected chi connectivity index (χ1v) is 6.77. The lowest BCUT2D eigenvalue weighted by atomic mass is 10.1. The van der Waals surface area contributed by atoms with Crippen LogP contribution in [0.15, 0.2) is 22.7 Å². The van der Waals surface area contributed by atoms with Crippen molar-refractivity contribution in [3.63, 3.8) is 0 Å². The van der Waals surface area contributed by atoms with Gasteiger partial charge in [-0.05, 0) is 41.2 Å². The molecule has 18 heavy (non-hydrogen) atoms. The van der Waals surface area contributed by atoms with Crippen molar-refractivity contribution in [2.24, 2.45) is 0 Å². The molecular formula is C13H18BrN3O. The minimum Gasteiger partial charge on any atom is -0.496 e. The summed E-state index contributed by atoms with van der Waals surface area (Å²) in [6.07, 6.45) is 0. The number of piperazine rings is 1. The van der Waals surface area contributed by atoms with Crippen LogP contribution in [-0.4, -0.2) is 56.0 Å². The Balaban J connectivity index is 2.11. The van der Waals surface area contributed by atoms with Crippen molar-refractivity contribution in [1.82, 2.24) is 9.80 Å². The Morgan fingerprint density at radius 3 is 2.50 bits per heavy atom. The van der Waals surface area contributed by atoms with Gasteiger partial charge in [0, 0.05) is 31.7 Å². The molecular weight excluding hydrogens is 294 g/mol. The van der Waals surface area contributed by atoms with Crippen molar-refractivity contribution in [3.8, 4) is 5.75 Å². The zero-order valence-corrected chi connectivity index (χ0v) is 12.3. The zero-order chi connectivity index (χ0) is 13.1. The second kappa shape index (κ2) is 5.71. The van der Waals surface area contributed by atoms with Crippen molar-refractivity contribution < 1.29 is 4.74 Å². The Morgan fingerprint density at radius 1 is 1.28 bits per heavy atom. The summed E-state index contributed by atoms with van der Waals surface area (Å²) in [7, 11) is 3.76. The maximum atomic E-state index is 8.26. The monoisotopic (exact) mass is 311 g/mol. The van der Waals surface area contributed by atoms with E-state index in [2.05, 4.69) is 32.8 Å². The molecule has 0 unspecified atom stereocenters. The molecule has 5 heteroatoms. The number of rotatable bonds is 2. The number of benzene rings is 1. The molecule has 1 aromatic carbocycles. The van der Waals surface area contributed by atoms with E-state index in [1.165, 1.54) is 0 Å². The van der Waals surface area contributed by atoms with E-state index in [1.54, 1.807) is 7.11 Å². The zero-order valence-electron chi connectivity index (χ0n) is 10.7. The van der Waals surface area contributed by atoms with E-state index in [1.807, 2.05) is 18.2 Å². The van der Waals surface area contributed by atoms with E-state index < -0.39 is 0 Å². The summed E-state index contributed by atoms with van der Waals surface area (Å²) in [4.78, 5) is 4.40. The van der Waals surface area contributed by atoms with Crippen molar-refractivity contribution in [2.45, 2.75) is 0 Å². The third-order valence-corrected chi connectivity index (χ3v) is 3.86. The molecule has 98 valence electrons. The molecule has 1 aliphatic heterocycles. The molecule has 1 N–H and O–H groups in total. The van der Waals surface area contributed by atoms with Gasteiger partial charge in [-0.1, -0.05) is 0 Å². The first-order valence-electron chi connectivity index (χ1n) is 5.98. The van der Waals surface area contributed by atoms with E-state index in [0.29, 0.717) is 5.84 Å². The molecule has 4 nitrogen and oxygen atoms in total. The van der Waals surface area contributed by atoms with Gasteiger partial charge in [0.25, 0.3) is 0 Å². The molecule has 1 saturated heterocycles. The van der Waals surface area contributed by atoms with E-state index in [9.17, 15) is 0 Å². The van der Waals surface area contributed by atoms with E-state index in [4.69, 9.17) is 10.1 Å². The molecule has 1 aromatic rings. The first-order chi connectivity index (χ1) is 8.61. The fourth-order valence-corrected chi connectivity index (χ4v) is 2.57.